The lowest BCUT2D eigenvalue weighted by atomic mass is 10.00. The second-order valence-electron chi connectivity index (χ2n) is 6.68. The predicted octanol–water partition coefficient (Wildman–Crippen LogP) is 3.52. The quantitative estimate of drug-likeness (QED) is 0.515. The molecule has 160 valence electrons. The van der Waals surface area contributed by atoms with E-state index in [1.807, 2.05) is 6.07 Å². The maximum Gasteiger partial charge on any atom is 0.235 e. The number of hydrogen-bond donors (Lipinski definition) is 3. The monoisotopic (exact) mass is 434 g/mol. The van der Waals surface area contributed by atoms with Crippen LogP contribution in [0.3, 0.4) is 0 Å². The van der Waals surface area contributed by atoms with E-state index in [0.29, 0.717) is 11.3 Å². The Bertz CT molecular complexity index is 1230. The Morgan fingerprint density at radius 2 is 1.78 bits per heavy atom. The highest BCUT2D eigenvalue weighted by Crippen LogP contribution is 2.31. The van der Waals surface area contributed by atoms with Gasteiger partial charge in [-0.1, -0.05) is 0 Å². The molecule has 0 saturated carbocycles. The Balaban J connectivity index is 1.82. The highest BCUT2D eigenvalue weighted by Gasteiger charge is 2.20. The van der Waals surface area contributed by atoms with Gasteiger partial charge in [0.1, 0.15) is 5.92 Å². The van der Waals surface area contributed by atoms with Gasteiger partial charge in [-0.2, -0.15) is 15.5 Å². The Kier molecular flexibility index (Phi) is 6.47. The number of ether oxygens (including phenoxy) is 1. The largest absolute Gasteiger partial charge is 0.433 e. The lowest BCUT2D eigenvalue weighted by molar-refractivity contribution is -0.120. The maximum atomic E-state index is 14.5. The number of halogens is 2. The molecule has 5 N–H and O–H groups in total. The molecule has 3 aromatic rings. The van der Waals surface area contributed by atoms with Crippen molar-refractivity contribution in [3.63, 3.8) is 0 Å². The number of anilines is 3. The summed E-state index contributed by atoms with van der Waals surface area (Å²) in [6.07, 6.45) is -0.237. The third-order valence-corrected chi connectivity index (χ3v) is 4.38. The van der Waals surface area contributed by atoms with Crippen LogP contribution in [-0.2, 0) is 11.2 Å². The van der Waals surface area contributed by atoms with Crippen molar-refractivity contribution in [2.75, 3.05) is 11.1 Å². The first kappa shape index (κ1) is 22.0. The van der Waals surface area contributed by atoms with E-state index in [0.717, 1.165) is 12.1 Å². The molecule has 1 heterocycles. The van der Waals surface area contributed by atoms with E-state index >= 15 is 0 Å². The van der Waals surface area contributed by atoms with Crippen LogP contribution in [0.15, 0.2) is 48.5 Å². The first-order valence-electron chi connectivity index (χ1n) is 9.19. The third kappa shape index (κ3) is 5.07. The molecule has 2 aromatic carbocycles. The van der Waals surface area contributed by atoms with Crippen LogP contribution in [0, 0.1) is 40.2 Å². The van der Waals surface area contributed by atoms with E-state index in [-0.39, 0.29) is 29.4 Å². The van der Waals surface area contributed by atoms with Crippen LogP contribution in [0.2, 0.25) is 0 Å². The fourth-order valence-corrected chi connectivity index (χ4v) is 2.75. The number of nitrogen functional groups attached to an aromatic ring is 1. The number of primary amides is 1. The van der Waals surface area contributed by atoms with E-state index < -0.39 is 29.2 Å². The summed E-state index contributed by atoms with van der Waals surface area (Å²) in [4.78, 5) is 15.3. The van der Waals surface area contributed by atoms with E-state index in [4.69, 9.17) is 26.7 Å². The molecule has 0 spiro atoms. The number of benzene rings is 2. The number of amides is 1. The zero-order valence-corrected chi connectivity index (χ0v) is 16.5. The van der Waals surface area contributed by atoms with Gasteiger partial charge in [0.2, 0.25) is 17.5 Å². The number of rotatable bonds is 7. The van der Waals surface area contributed by atoms with Crippen molar-refractivity contribution < 1.29 is 18.3 Å². The van der Waals surface area contributed by atoms with Crippen LogP contribution in [0.5, 0.6) is 11.6 Å². The highest BCUT2D eigenvalue weighted by molar-refractivity contribution is 5.79. The summed E-state index contributed by atoms with van der Waals surface area (Å²) in [6, 6.07) is 14.9. The molecule has 10 heteroatoms. The minimum Gasteiger partial charge on any atom is -0.433 e. The number of aromatic nitrogens is 1. The molecule has 32 heavy (non-hydrogen) atoms. The van der Waals surface area contributed by atoms with Gasteiger partial charge in [0.25, 0.3) is 0 Å². The molecule has 0 aliphatic carbocycles. The molecule has 0 aliphatic heterocycles. The molecule has 0 aliphatic rings. The van der Waals surface area contributed by atoms with Gasteiger partial charge in [-0.3, -0.25) is 4.79 Å². The van der Waals surface area contributed by atoms with Gasteiger partial charge < -0.3 is 21.5 Å². The van der Waals surface area contributed by atoms with E-state index in [9.17, 15) is 13.6 Å². The van der Waals surface area contributed by atoms with Gasteiger partial charge in [-0.15, -0.1) is 0 Å². The molecule has 8 nitrogen and oxygen atoms in total. The summed E-state index contributed by atoms with van der Waals surface area (Å²) in [7, 11) is 0. The van der Waals surface area contributed by atoms with Crippen molar-refractivity contribution in [1.29, 1.82) is 10.5 Å². The van der Waals surface area contributed by atoms with Crippen LogP contribution in [0.4, 0.5) is 26.0 Å². The number of pyridine rings is 1. The Labute approximate surface area is 181 Å². The standard InChI is InChI=1S/C22H16F2N6O2/c23-16-8-13(7-14(11-26)21(28)31)9-17(24)20(16)32-19-6-5-18(27)22(30-19)29-15-3-1-12(10-25)2-4-15/h1-6,8-9,14H,7,27H2,(H2,28,31)(H,29,30). The molecule has 0 saturated heterocycles. The van der Waals surface area contributed by atoms with Crippen LogP contribution >= 0.6 is 0 Å². The second kappa shape index (κ2) is 9.41. The molecule has 0 radical (unpaired) electrons. The number of carbonyl (C=O) groups is 1. The molecule has 0 bridgehead atoms. The highest BCUT2D eigenvalue weighted by atomic mass is 19.1. The smallest absolute Gasteiger partial charge is 0.235 e. The summed E-state index contributed by atoms with van der Waals surface area (Å²) in [5.41, 5.74) is 12.4. The van der Waals surface area contributed by atoms with Gasteiger partial charge in [-0.05, 0) is 54.4 Å². The summed E-state index contributed by atoms with van der Waals surface area (Å²) < 4.78 is 34.3. The van der Waals surface area contributed by atoms with Gasteiger partial charge in [0.15, 0.2) is 17.5 Å². The SMILES string of the molecule is N#Cc1ccc(Nc2nc(Oc3c(F)cc(CC(C#N)C(N)=O)cc3F)ccc2N)cc1. The van der Waals surface area contributed by atoms with Crippen molar-refractivity contribution in [2.45, 2.75) is 6.42 Å². The lowest BCUT2D eigenvalue weighted by Gasteiger charge is -2.13. The lowest BCUT2D eigenvalue weighted by Crippen LogP contribution is -2.23. The first-order chi connectivity index (χ1) is 15.3. The maximum absolute atomic E-state index is 14.5. The van der Waals surface area contributed by atoms with Crippen molar-refractivity contribution in [1.82, 2.24) is 4.98 Å². The summed E-state index contributed by atoms with van der Waals surface area (Å²) in [6.45, 7) is 0. The van der Waals surface area contributed by atoms with Gasteiger partial charge in [0, 0.05) is 11.8 Å². The first-order valence-corrected chi connectivity index (χ1v) is 9.19. The Morgan fingerprint density at radius 3 is 2.34 bits per heavy atom. The van der Waals surface area contributed by atoms with Gasteiger partial charge in [-0.25, -0.2) is 8.78 Å². The normalized spacial score (nSPS) is 11.1. The van der Waals surface area contributed by atoms with Gasteiger partial charge in [0.05, 0.1) is 23.4 Å². The number of nitrogens with one attached hydrogen (secondary N) is 1. The van der Waals surface area contributed by atoms with Crippen LogP contribution < -0.4 is 21.5 Å². The molecule has 1 aromatic heterocycles. The average Bonchev–Trinajstić information content (AvgIpc) is 2.77. The minimum atomic E-state index is -1.21. The molecule has 1 atom stereocenters. The van der Waals surface area contributed by atoms with Crippen LogP contribution in [-0.4, -0.2) is 10.9 Å². The second-order valence-corrected chi connectivity index (χ2v) is 6.68. The molecule has 1 amide bonds. The fraction of sp³-hybridized carbons (Fsp3) is 0.0909. The summed E-state index contributed by atoms with van der Waals surface area (Å²) >= 11 is 0. The van der Waals surface area contributed by atoms with Crippen molar-refractivity contribution in [2.24, 2.45) is 11.7 Å². The Hall–Kier alpha value is -4.70. The topological polar surface area (TPSA) is 151 Å². The average molecular weight is 434 g/mol. The zero-order valence-electron chi connectivity index (χ0n) is 16.5. The van der Waals surface area contributed by atoms with Crippen molar-refractivity contribution >= 4 is 23.1 Å². The third-order valence-electron chi connectivity index (χ3n) is 4.38. The number of nitrogens with zero attached hydrogens (tertiary/aromatic N) is 3. The van der Waals surface area contributed by atoms with E-state index in [2.05, 4.69) is 10.3 Å². The van der Waals surface area contributed by atoms with Gasteiger partial charge >= 0.3 is 0 Å². The Morgan fingerprint density at radius 1 is 1.12 bits per heavy atom. The predicted molar refractivity (Wildman–Crippen MR) is 112 cm³/mol. The summed E-state index contributed by atoms with van der Waals surface area (Å²) in [5, 5.41) is 20.7. The fourth-order valence-electron chi connectivity index (χ4n) is 2.75. The molecular weight excluding hydrogens is 418 g/mol. The number of nitrogens with two attached hydrogens (primary N) is 2. The molecule has 3 rings (SSSR count). The van der Waals surface area contributed by atoms with E-state index in [1.54, 1.807) is 30.3 Å². The molecule has 1 unspecified atom stereocenters. The van der Waals surface area contributed by atoms with E-state index in [1.165, 1.54) is 12.1 Å². The van der Waals surface area contributed by atoms with Crippen LogP contribution in [0.25, 0.3) is 0 Å². The number of nitriles is 2. The van der Waals surface area contributed by atoms with Crippen LogP contribution in [0.1, 0.15) is 11.1 Å². The summed E-state index contributed by atoms with van der Waals surface area (Å²) in [5.74, 6) is -4.83. The minimum absolute atomic E-state index is 0.0751. The number of hydrogen-bond acceptors (Lipinski definition) is 7. The molecule has 0 fully saturated rings. The number of carbonyl (C=O) groups excluding carboxylic acids is 1. The van der Waals surface area contributed by atoms with Crippen molar-refractivity contribution in [3.05, 3.63) is 71.3 Å². The molecular formula is C22H16F2N6O2. The van der Waals surface area contributed by atoms with Crippen molar-refractivity contribution in [3.8, 4) is 23.8 Å². The zero-order chi connectivity index (χ0) is 23.3.